The zero-order valence-corrected chi connectivity index (χ0v) is 28.3. The predicted molar refractivity (Wildman–Crippen MR) is 214 cm³/mol. The van der Waals surface area contributed by atoms with Gasteiger partial charge in [0, 0.05) is 22.7 Å². The highest BCUT2D eigenvalue weighted by atomic mass is 79.9. The second-order valence-electron chi connectivity index (χ2n) is 12.4. The van der Waals surface area contributed by atoms with Gasteiger partial charge in [-0.15, -0.1) is 0 Å². The Labute approximate surface area is 294 Å². The summed E-state index contributed by atoms with van der Waals surface area (Å²) in [6.45, 7) is 0. The monoisotopic (exact) mass is 690 g/mol. The maximum atomic E-state index is 4.19. The van der Waals surface area contributed by atoms with Crippen LogP contribution < -0.4 is 9.80 Å². The van der Waals surface area contributed by atoms with E-state index in [0.717, 1.165) is 38.6 Å². The Bertz CT molecular complexity index is 2320. The summed E-state index contributed by atoms with van der Waals surface area (Å²) in [6, 6.07) is 67.7. The summed E-state index contributed by atoms with van der Waals surface area (Å²) in [5.74, 6) is 0. The van der Waals surface area contributed by atoms with Crippen molar-refractivity contribution in [2.24, 2.45) is 0 Å². The first-order valence-corrected chi connectivity index (χ1v) is 17.3. The van der Waals surface area contributed by atoms with Gasteiger partial charge in [0.25, 0.3) is 0 Å². The third kappa shape index (κ3) is 5.39. The Balaban J connectivity index is 1.27. The highest BCUT2D eigenvalue weighted by Gasteiger charge is 2.23. The van der Waals surface area contributed by atoms with Crippen LogP contribution in [0.1, 0.15) is 0 Å². The van der Waals surface area contributed by atoms with Gasteiger partial charge in [0.2, 0.25) is 0 Å². The molecule has 0 aliphatic heterocycles. The molecule has 0 amide bonds. The first-order valence-electron chi connectivity index (χ1n) is 16.5. The standard InChI is InChI=1S/C46H31BrN2/c47-46-44(48(40-24-20-32-10-1-5-14-36(32)28-40)41-25-21-33-11-2-6-15-37(33)29-41)18-9-19-45(46)49(42-26-22-34-12-3-7-16-38(34)30-42)43-27-23-35-13-4-8-17-39(35)31-43/h1-31H. The fourth-order valence-electron chi connectivity index (χ4n) is 6.97. The minimum Gasteiger partial charge on any atom is -0.309 e. The molecule has 0 saturated heterocycles. The first-order chi connectivity index (χ1) is 24.2. The summed E-state index contributed by atoms with van der Waals surface area (Å²) in [4.78, 5) is 4.73. The lowest BCUT2D eigenvalue weighted by atomic mass is 10.0. The number of hydrogen-bond donors (Lipinski definition) is 0. The normalized spacial score (nSPS) is 11.4. The lowest BCUT2D eigenvalue weighted by Gasteiger charge is -2.31. The second kappa shape index (κ2) is 12.3. The molecule has 232 valence electrons. The lowest BCUT2D eigenvalue weighted by molar-refractivity contribution is 1.24. The van der Waals surface area contributed by atoms with Gasteiger partial charge < -0.3 is 9.80 Å². The summed E-state index contributed by atoms with van der Waals surface area (Å²) >= 11 is 4.19. The van der Waals surface area contributed by atoms with E-state index in [1.807, 2.05) is 0 Å². The molecule has 0 atom stereocenters. The number of halogens is 1. The van der Waals surface area contributed by atoms with E-state index in [1.165, 1.54) is 43.1 Å². The molecule has 0 bridgehead atoms. The van der Waals surface area contributed by atoms with Gasteiger partial charge in [0.15, 0.2) is 0 Å². The van der Waals surface area contributed by atoms with Crippen LogP contribution in [0, 0.1) is 0 Å². The third-order valence-corrected chi connectivity index (χ3v) is 10.2. The number of nitrogens with zero attached hydrogens (tertiary/aromatic N) is 2. The van der Waals surface area contributed by atoms with Crippen molar-refractivity contribution >= 4 is 93.1 Å². The molecule has 0 aliphatic rings. The van der Waals surface area contributed by atoms with Crippen molar-refractivity contribution in [1.29, 1.82) is 0 Å². The molecule has 0 fully saturated rings. The summed E-state index contributed by atoms with van der Waals surface area (Å²) in [5, 5.41) is 9.68. The van der Waals surface area contributed by atoms with Gasteiger partial charge in [-0.25, -0.2) is 0 Å². The van der Waals surface area contributed by atoms with Crippen LogP contribution in [0.4, 0.5) is 34.1 Å². The highest BCUT2D eigenvalue weighted by Crippen LogP contribution is 2.48. The molecule has 9 aromatic rings. The van der Waals surface area contributed by atoms with Crippen LogP contribution in [0.3, 0.4) is 0 Å². The van der Waals surface area contributed by atoms with E-state index in [2.05, 4.69) is 214 Å². The number of benzene rings is 9. The van der Waals surface area contributed by atoms with Crippen molar-refractivity contribution in [1.82, 2.24) is 0 Å². The van der Waals surface area contributed by atoms with Gasteiger partial charge in [-0.1, -0.05) is 127 Å². The van der Waals surface area contributed by atoms with E-state index < -0.39 is 0 Å². The number of hydrogen-bond acceptors (Lipinski definition) is 2. The van der Waals surface area contributed by atoms with Crippen molar-refractivity contribution in [3.63, 3.8) is 0 Å². The molecule has 0 radical (unpaired) electrons. The molecule has 0 aliphatic carbocycles. The number of rotatable bonds is 6. The van der Waals surface area contributed by atoms with E-state index in [1.54, 1.807) is 0 Å². The van der Waals surface area contributed by atoms with Crippen LogP contribution in [0.25, 0.3) is 43.1 Å². The topological polar surface area (TPSA) is 6.48 Å². The van der Waals surface area contributed by atoms with Gasteiger partial charge >= 0.3 is 0 Å². The van der Waals surface area contributed by atoms with E-state index in [9.17, 15) is 0 Å². The molecule has 2 nitrogen and oxygen atoms in total. The molecular weight excluding hydrogens is 660 g/mol. The van der Waals surface area contributed by atoms with Gasteiger partial charge in [-0.2, -0.15) is 0 Å². The molecule has 49 heavy (non-hydrogen) atoms. The van der Waals surface area contributed by atoms with E-state index in [0.29, 0.717) is 0 Å². The van der Waals surface area contributed by atoms with E-state index in [4.69, 9.17) is 0 Å². The number of fused-ring (bicyclic) bond motifs is 4. The average molecular weight is 692 g/mol. The largest absolute Gasteiger partial charge is 0.309 e. The molecule has 0 saturated carbocycles. The molecule has 9 aromatic carbocycles. The van der Waals surface area contributed by atoms with Crippen molar-refractivity contribution in [3.8, 4) is 0 Å². The smallest absolute Gasteiger partial charge is 0.0656 e. The minimum absolute atomic E-state index is 0.998. The fraction of sp³-hybridized carbons (Fsp3) is 0. The zero-order chi connectivity index (χ0) is 32.7. The maximum absolute atomic E-state index is 4.19. The van der Waals surface area contributed by atoms with Crippen LogP contribution in [0.2, 0.25) is 0 Å². The Kier molecular flexibility index (Phi) is 7.33. The van der Waals surface area contributed by atoms with Gasteiger partial charge in [0.1, 0.15) is 0 Å². The summed E-state index contributed by atoms with van der Waals surface area (Å²) in [6.07, 6.45) is 0. The first kappa shape index (κ1) is 29.3. The average Bonchev–Trinajstić information content (AvgIpc) is 3.16. The van der Waals surface area contributed by atoms with Gasteiger partial charge in [-0.05, 0) is 120 Å². The predicted octanol–water partition coefficient (Wildman–Crippen LogP) is 14.0. The Morgan fingerprint density at radius 3 is 0.816 bits per heavy atom. The number of anilines is 6. The third-order valence-electron chi connectivity index (χ3n) is 9.40. The Morgan fingerprint density at radius 2 is 0.531 bits per heavy atom. The Hall–Kier alpha value is -5.90. The molecule has 3 heteroatoms. The molecule has 0 aromatic heterocycles. The fourth-order valence-corrected chi connectivity index (χ4v) is 7.59. The second-order valence-corrected chi connectivity index (χ2v) is 13.2. The van der Waals surface area contributed by atoms with E-state index in [-0.39, 0.29) is 0 Å². The van der Waals surface area contributed by atoms with Crippen molar-refractivity contribution in [2.45, 2.75) is 0 Å². The van der Waals surface area contributed by atoms with Gasteiger partial charge in [0.05, 0.1) is 15.8 Å². The SMILES string of the molecule is Brc1c(N(c2ccc3ccccc3c2)c2ccc3ccccc3c2)cccc1N(c1ccc2ccccc2c1)c1ccc2ccccc2c1. The summed E-state index contributed by atoms with van der Waals surface area (Å²) < 4.78 is 0.998. The highest BCUT2D eigenvalue weighted by molar-refractivity contribution is 9.10. The maximum Gasteiger partial charge on any atom is 0.0656 e. The van der Waals surface area contributed by atoms with E-state index >= 15 is 0 Å². The lowest BCUT2D eigenvalue weighted by Crippen LogP contribution is -2.14. The minimum atomic E-state index is 0.998. The molecule has 0 N–H and O–H groups in total. The van der Waals surface area contributed by atoms with Crippen molar-refractivity contribution in [2.75, 3.05) is 9.80 Å². The molecule has 0 spiro atoms. The zero-order valence-electron chi connectivity index (χ0n) is 26.7. The van der Waals surface area contributed by atoms with Gasteiger partial charge in [-0.3, -0.25) is 0 Å². The Morgan fingerprint density at radius 1 is 0.265 bits per heavy atom. The van der Waals surface area contributed by atoms with Crippen LogP contribution in [0.5, 0.6) is 0 Å². The van der Waals surface area contributed by atoms with Crippen LogP contribution in [-0.2, 0) is 0 Å². The van der Waals surface area contributed by atoms with Crippen molar-refractivity contribution in [3.05, 3.63) is 193 Å². The molecule has 9 rings (SSSR count). The molecule has 0 heterocycles. The van der Waals surface area contributed by atoms with Crippen molar-refractivity contribution < 1.29 is 0 Å². The van der Waals surface area contributed by atoms with Crippen LogP contribution >= 0.6 is 15.9 Å². The quantitative estimate of drug-likeness (QED) is 0.171. The summed E-state index contributed by atoms with van der Waals surface area (Å²) in [5.41, 5.74) is 6.47. The molecular formula is C46H31BrN2. The van der Waals surface area contributed by atoms with Crippen LogP contribution in [-0.4, -0.2) is 0 Å². The van der Waals surface area contributed by atoms with Crippen LogP contribution in [0.15, 0.2) is 193 Å². The molecule has 0 unspecified atom stereocenters. The summed E-state index contributed by atoms with van der Waals surface area (Å²) in [7, 11) is 0.